The van der Waals surface area contributed by atoms with Gasteiger partial charge in [-0.05, 0) is 6.08 Å². The second-order valence-electron chi connectivity index (χ2n) is 1.84. The highest BCUT2D eigenvalue weighted by Crippen LogP contribution is 2.10. The molecular weight excluding hydrogens is 162 g/mol. The molecule has 0 saturated heterocycles. The predicted octanol–water partition coefficient (Wildman–Crippen LogP) is 3.20. The molecule has 0 atom stereocenters. The smallest absolute Gasteiger partial charge is 0.122 e. The zero-order chi connectivity index (χ0) is 10.7. The van der Waals surface area contributed by atoms with Crippen LogP contribution in [0, 0.1) is 11.3 Å². The van der Waals surface area contributed by atoms with Gasteiger partial charge in [-0.3, -0.25) is 0 Å². The molecule has 13 heavy (non-hydrogen) atoms. The predicted molar refractivity (Wildman–Crippen MR) is 56.0 cm³/mol. The van der Waals surface area contributed by atoms with Gasteiger partial charge in [-0.15, -0.1) is 0 Å². The second-order valence-corrected chi connectivity index (χ2v) is 1.84. The molecule has 0 aliphatic heterocycles. The highest BCUT2D eigenvalue weighted by molar-refractivity contribution is 5.29. The molecule has 0 rings (SSSR count). The number of methoxy groups -OCH3 is 1. The van der Waals surface area contributed by atoms with E-state index in [-0.39, 0.29) is 0 Å². The van der Waals surface area contributed by atoms with E-state index < -0.39 is 0 Å². The largest absolute Gasteiger partial charge is 0.496 e. The maximum absolute atomic E-state index is 8.39. The summed E-state index contributed by atoms with van der Waals surface area (Å²) in [6, 6.07) is 2.01. The number of nitrogens with zero attached hydrogens (tertiary/aromatic N) is 1. The van der Waals surface area contributed by atoms with Gasteiger partial charge >= 0.3 is 0 Å². The summed E-state index contributed by atoms with van der Waals surface area (Å²) in [6.07, 6.45) is 3.47. The van der Waals surface area contributed by atoms with Gasteiger partial charge in [0, 0.05) is 5.57 Å². The van der Waals surface area contributed by atoms with E-state index in [0.29, 0.717) is 12.2 Å². The lowest BCUT2D eigenvalue weighted by atomic mass is 10.1. The van der Waals surface area contributed by atoms with Crippen molar-refractivity contribution in [3.63, 3.8) is 0 Å². The summed E-state index contributed by atoms with van der Waals surface area (Å²) >= 11 is 0. The van der Waals surface area contributed by atoms with Gasteiger partial charge in [0.25, 0.3) is 0 Å². The molecule has 0 aliphatic rings. The van der Waals surface area contributed by atoms with Crippen LogP contribution in [0.15, 0.2) is 36.6 Å². The molecule has 0 heterocycles. The Labute approximate surface area is 80.8 Å². The van der Waals surface area contributed by atoms with Gasteiger partial charge in [0.05, 0.1) is 19.6 Å². The topological polar surface area (TPSA) is 33.0 Å². The number of ether oxygens (including phenoxy) is 1. The second kappa shape index (κ2) is 10.5. The molecule has 0 aromatic rings. The number of allylic oxidation sites excluding steroid dienone is 3. The van der Waals surface area contributed by atoms with Crippen LogP contribution in [0.1, 0.15) is 20.3 Å². The Bertz CT molecular complexity index is 221. The minimum Gasteiger partial charge on any atom is -0.496 e. The van der Waals surface area contributed by atoms with Crippen molar-refractivity contribution in [3.05, 3.63) is 36.6 Å². The van der Waals surface area contributed by atoms with E-state index in [1.54, 1.807) is 12.2 Å². The van der Waals surface area contributed by atoms with Crippen LogP contribution in [0.3, 0.4) is 0 Å². The number of nitriles is 1. The van der Waals surface area contributed by atoms with E-state index in [1.807, 2.05) is 19.9 Å². The van der Waals surface area contributed by atoms with Gasteiger partial charge in [0.15, 0.2) is 0 Å². The molecule has 0 aromatic heterocycles. The molecule has 0 fully saturated rings. The Kier molecular flexibility index (Phi) is 11.4. The maximum Gasteiger partial charge on any atom is 0.122 e. The van der Waals surface area contributed by atoms with Crippen molar-refractivity contribution in [1.82, 2.24) is 0 Å². The van der Waals surface area contributed by atoms with Gasteiger partial charge in [-0.1, -0.05) is 33.1 Å². The summed E-state index contributed by atoms with van der Waals surface area (Å²) in [6.45, 7) is 11.1. The minimum atomic E-state index is 0.304. The summed E-state index contributed by atoms with van der Waals surface area (Å²) in [5, 5.41) is 8.39. The average molecular weight is 179 g/mol. The lowest BCUT2D eigenvalue weighted by Gasteiger charge is -2.02. The van der Waals surface area contributed by atoms with Crippen LogP contribution in [0.5, 0.6) is 0 Å². The highest BCUT2D eigenvalue weighted by Gasteiger charge is 1.98. The Morgan fingerprint density at radius 1 is 1.38 bits per heavy atom. The normalized spacial score (nSPS) is 9.69. The quantitative estimate of drug-likeness (QED) is 0.490. The Morgan fingerprint density at radius 3 is 2.15 bits per heavy atom. The monoisotopic (exact) mass is 179 g/mol. The summed E-state index contributed by atoms with van der Waals surface area (Å²) in [5.41, 5.74) is 0.769. The summed E-state index contributed by atoms with van der Waals surface area (Å²) in [5.74, 6) is 0.613. The van der Waals surface area contributed by atoms with E-state index in [1.165, 1.54) is 7.11 Å². The van der Waals surface area contributed by atoms with Crippen LogP contribution < -0.4 is 0 Å². The first kappa shape index (κ1) is 14.1. The molecule has 72 valence electrons. The highest BCUT2D eigenvalue weighted by atomic mass is 16.5. The van der Waals surface area contributed by atoms with Crippen molar-refractivity contribution in [2.75, 3.05) is 7.11 Å². The third kappa shape index (κ3) is 5.75. The van der Waals surface area contributed by atoms with E-state index in [9.17, 15) is 0 Å². The van der Waals surface area contributed by atoms with Crippen molar-refractivity contribution in [2.45, 2.75) is 20.3 Å². The first-order valence-electron chi connectivity index (χ1n) is 4.19. The summed E-state index contributed by atoms with van der Waals surface area (Å²) in [7, 11) is 1.54. The van der Waals surface area contributed by atoms with Crippen molar-refractivity contribution < 1.29 is 4.74 Å². The zero-order valence-corrected chi connectivity index (χ0v) is 8.63. The lowest BCUT2D eigenvalue weighted by molar-refractivity contribution is 0.303. The Balaban J connectivity index is 0. The zero-order valence-electron chi connectivity index (χ0n) is 8.63. The van der Waals surface area contributed by atoms with Crippen molar-refractivity contribution >= 4 is 0 Å². The molecule has 0 unspecified atom stereocenters. The number of rotatable bonds is 4. The Hall–Kier alpha value is -1.49. The van der Waals surface area contributed by atoms with E-state index in [2.05, 4.69) is 13.2 Å². The maximum atomic E-state index is 8.39. The third-order valence-corrected chi connectivity index (χ3v) is 1.24. The van der Waals surface area contributed by atoms with Gasteiger partial charge in [0.2, 0.25) is 0 Å². The molecule has 0 saturated carbocycles. The van der Waals surface area contributed by atoms with Crippen molar-refractivity contribution in [3.8, 4) is 6.07 Å². The molecule has 0 aliphatic carbocycles. The molecule has 0 amide bonds. The molecule has 2 heteroatoms. The SMILES string of the molecule is C=C/C(CC#N)=C(\C=C)OC.CC. The molecular formula is C11H17NO. The first-order valence-corrected chi connectivity index (χ1v) is 4.19. The van der Waals surface area contributed by atoms with Crippen LogP contribution in [0.25, 0.3) is 0 Å². The standard InChI is InChI=1S/C9H11NO.C2H6/c1-4-8(6-7-10)9(5-2)11-3;1-2/h4-5H,1-2,6H2,3H3;1-2H3/b9-8-;. The van der Waals surface area contributed by atoms with Gasteiger partial charge in [0.1, 0.15) is 5.76 Å². The van der Waals surface area contributed by atoms with E-state index in [0.717, 1.165) is 5.57 Å². The fourth-order valence-electron chi connectivity index (χ4n) is 0.691. The minimum absolute atomic E-state index is 0.304. The summed E-state index contributed by atoms with van der Waals surface area (Å²) in [4.78, 5) is 0. The van der Waals surface area contributed by atoms with E-state index >= 15 is 0 Å². The fraction of sp³-hybridized carbons (Fsp3) is 0.364. The van der Waals surface area contributed by atoms with Gasteiger partial charge in [-0.2, -0.15) is 5.26 Å². The summed E-state index contributed by atoms with van der Waals surface area (Å²) < 4.78 is 4.94. The average Bonchev–Trinajstić information content (AvgIpc) is 2.21. The first-order chi connectivity index (χ1) is 6.29. The van der Waals surface area contributed by atoms with Crippen LogP contribution in [0.4, 0.5) is 0 Å². The van der Waals surface area contributed by atoms with Crippen LogP contribution in [-0.4, -0.2) is 7.11 Å². The molecule has 0 radical (unpaired) electrons. The van der Waals surface area contributed by atoms with Crippen LogP contribution in [0.2, 0.25) is 0 Å². The van der Waals surface area contributed by atoms with Crippen LogP contribution in [-0.2, 0) is 4.74 Å². The molecule has 0 aromatic carbocycles. The van der Waals surface area contributed by atoms with Crippen molar-refractivity contribution in [1.29, 1.82) is 5.26 Å². The van der Waals surface area contributed by atoms with Gasteiger partial charge in [-0.25, -0.2) is 0 Å². The van der Waals surface area contributed by atoms with E-state index in [4.69, 9.17) is 10.00 Å². The number of hydrogen-bond acceptors (Lipinski definition) is 2. The lowest BCUT2D eigenvalue weighted by Crippen LogP contribution is -1.88. The fourth-order valence-corrected chi connectivity index (χ4v) is 0.691. The third-order valence-electron chi connectivity index (χ3n) is 1.24. The Morgan fingerprint density at radius 2 is 1.92 bits per heavy atom. The van der Waals surface area contributed by atoms with Crippen LogP contribution >= 0.6 is 0 Å². The van der Waals surface area contributed by atoms with Crippen molar-refractivity contribution in [2.24, 2.45) is 0 Å². The molecule has 0 bridgehead atoms. The molecule has 0 spiro atoms. The number of hydrogen-bond donors (Lipinski definition) is 0. The molecule has 2 nitrogen and oxygen atoms in total. The van der Waals surface area contributed by atoms with Gasteiger partial charge < -0.3 is 4.74 Å². The molecule has 0 N–H and O–H groups in total.